The average Bonchev–Trinajstić information content (AvgIpc) is 2.20. The topological polar surface area (TPSA) is 15.3 Å². The van der Waals surface area contributed by atoms with E-state index in [0.29, 0.717) is 5.41 Å². The third-order valence-electron chi connectivity index (χ3n) is 3.86. The molecule has 0 unspecified atom stereocenters. The minimum Gasteiger partial charge on any atom is -0.315 e. The first-order valence-electron chi connectivity index (χ1n) is 6.32. The second-order valence-electron chi connectivity index (χ2n) is 5.38. The SMILES string of the molecule is C1=CCCC(/C=C/CN2CC3(CNC3)C2)=C1. The molecule has 2 heterocycles. The van der Waals surface area contributed by atoms with Crippen LogP contribution in [0.5, 0.6) is 0 Å². The standard InChI is InChI=1S/C14H20N2/c1-2-5-13(6-3-1)7-4-8-16-11-14(12-16)9-15-10-14/h1-2,4-5,7,15H,3,6,8-12H2/b7-4+. The lowest BCUT2D eigenvalue weighted by molar-refractivity contribution is -0.0317. The zero-order valence-corrected chi connectivity index (χ0v) is 9.78. The van der Waals surface area contributed by atoms with Gasteiger partial charge in [-0.15, -0.1) is 0 Å². The molecule has 0 saturated carbocycles. The van der Waals surface area contributed by atoms with E-state index >= 15 is 0 Å². The van der Waals surface area contributed by atoms with Crippen molar-refractivity contribution in [3.8, 4) is 0 Å². The van der Waals surface area contributed by atoms with Gasteiger partial charge < -0.3 is 5.32 Å². The second kappa shape index (κ2) is 4.19. The van der Waals surface area contributed by atoms with Crippen LogP contribution in [0.1, 0.15) is 12.8 Å². The summed E-state index contributed by atoms with van der Waals surface area (Å²) in [7, 11) is 0. The third-order valence-corrected chi connectivity index (χ3v) is 3.86. The molecule has 2 aliphatic heterocycles. The molecule has 0 amide bonds. The van der Waals surface area contributed by atoms with Crippen LogP contribution in [-0.2, 0) is 0 Å². The van der Waals surface area contributed by atoms with Crippen LogP contribution in [0.25, 0.3) is 0 Å². The van der Waals surface area contributed by atoms with Gasteiger partial charge in [0, 0.05) is 38.1 Å². The average molecular weight is 216 g/mol. The minimum atomic E-state index is 0.667. The Bertz CT molecular complexity index is 340. The van der Waals surface area contributed by atoms with Gasteiger partial charge in [-0.25, -0.2) is 0 Å². The summed E-state index contributed by atoms with van der Waals surface area (Å²) in [5.74, 6) is 0. The molecule has 2 fully saturated rings. The molecular weight excluding hydrogens is 196 g/mol. The van der Waals surface area contributed by atoms with E-state index < -0.39 is 0 Å². The van der Waals surface area contributed by atoms with Gasteiger partial charge in [-0.3, -0.25) is 4.90 Å². The summed E-state index contributed by atoms with van der Waals surface area (Å²) in [6.45, 7) is 6.20. The summed E-state index contributed by atoms with van der Waals surface area (Å²) >= 11 is 0. The third kappa shape index (κ3) is 2.00. The van der Waals surface area contributed by atoms with E-state index in [4.69, 9.17) is 0 Å². The summed E-state index contributed by atoms with van der Waals surface area (Å²) in [4.78, 5) is 2.54. The Hall–Kier alpha value is -0.860. The molecule has 1 N–H and O–H groups in total. The van der Waals surface area contributed by atoms with Crippen molar-refractivity contribution in [3.63, 3.8) is 0 Å². The zero-order valence-electron chi connectivity index (χ0n) is 9.78. The summed E-state index contributed by atoms with van der Waals surface area (Å²) in [5.41, 5.74) is 2.14. The van der Waals surface area contributed by atoms with E-state index in [9.17, 15) is 0 Å². The highest BCUT2D eigenvalue weighted by Crippen LogP contribution is 2.33. The maximum absolute atomic E-state index is 3.37. The van der Waals surface area contributed by atoms with Crippen molar-refractivity contribution >= 4 is 0 Å². The van der Waals surface area contributed by atoms with Gasteiger partial charge >= 0.3 is 0 Å². The predicted octanol–water partition coefficient (Wildman–Crippen LogP) is 1.72. The van der Waals surface area contributed by atoms with Crippen molar-refractivity contribution < 1.29 is 0 Å². The molecule has 86 valence electrons. The van der Waals surface area contributed by atoms with Gasteiger partial charge in [-0.1, -0.05) is 30.4 Å². The highest BCUT2D eigenvalue weighted by Gasteiger charge is 2.46. The normalized spacial score (nSPS) is 27.9. The number of hydrogen-bond donors (Lipinski definition) is 1. The number of hydrogen-bond acceptors (Lipinski definition) is 2. The van der Waals surface area contributed by atoms with Crippen molar-refractivity contribution in [1.82, 2.24) is 10.2 Å². The minimum absolute atomic E-state index is 0.667. The van der Waals surface area contributed by atoms with E-state index in [0.717, 1.165) is 6.54 Å². The van der Waals surface area contributed by atoms with Crippen LogP contribution in [0.4, 0.5) is 0 Å². The Morgan fingerprint density at radius 2 is 2.25 bits per heavy atom. The monoisotopic (exact) mass is 216 g/mol. The van der Waals surface area contributed by atoms with Gasteiger partial charge in [0.15, 0.2) is 0 Å². The van der Waals surface area contributed by atoms with Gasteiger partial charge in [0.05, 0.1) is 0 Å². The van der Waals surface area contributed by atoms with Crippen molar-refractivity contribution in [2.45, 2.75) is 12.8 Å². The lowest BCUT2D eigenvalue weighted by atomic mass is 9.74. The molecule has 1 spiro atoms. The highest BCUT2D eigenvalue weighted by molar-refractivity contribution is 5.27. The Labute approximate surface area is 97.7 Å². The molecule has 0 aromatic carbocycles. The molecule has 3 rings (SSSR count). The van der Waals surface area contributed by atoms with Crippen molar-refractivity contribution in [2.75, 3.05) is 32.7 Å². The molecular formula is C14H20N2. The molecule has 2 saturated heterocycles. The van der Waals surface area contributed by atoms with E-state index in [-0.39, 0.29) is 0 Å². The van der Waals surface area contributed by atoms with Crippen LogP contribution in [0.2, 0.25) is 0 Å². The molecule has 0 atom stereocenters. The highest BCUT2D eigenvalue weighted by atomic mass is 15.2. The fraction of sp³-hybridized carbons (Fsp3) is 0.571. The maximum atomic E-state index is 3.37. The molecule has 2 nitrogen and oxygen atoms in total. The number of allylic oxidation sites excluding steroid dienone is 5. The largest absolute Gasteiger partial charge is 0.315 e. The van der Waals surface area contributed by atoms with Gasteiger partial charge in [0.2, 0.25) is 0 Å². The molecule has 16 heavy (non-hydrogen) atoms. The van der Waals surface area contributed by atoms with Gasteiger partial charge in [-0.2, -0.15) is 0 Å². The van der Waals surface area contributed by atoms with E-state index in [1.807, 2.05) is 0 Å². The van der Waals surface area contributed by atoms with E-state index in [1.54, 1.807) is 0 Å². The van der Waals surface area contributed by atoms with Gasteiger partial charge in [-0.05, 0) is 18.4 Å². The first kappa shape index (κ1) is 10.3. The number of rotatable bonds is 3. The lowest BCUT2D eigenvalue weighted by Crippen LogP contribution is -2.70. The number of nitrogens with one attached hydrogen (secondary N) is 1. The molecule has 0 bridgehead atoms. The Kier molecular flexibility index (Phi) is 2.70. The molecule has 0 aromatic heterocycles. The van der Waals surface area contributed by atoms with Gasteiger partial charge in [0.1, 0.15) is 0 Å². The van der Waals surface area contributed by atoms with Crippen molar-refractivity contribution in [2.24, 2.45) is 5.41 Å². The van der Waals surface area contributed by atoms with Crippen LogP contribution in [0.3, 0.4) is 0 Å². The lowest BCUT2D eigenvalue weighted by Gasteiger charge is -2.56. The Morgan fingerprint density at radius 1 is 1.38 bits per heavy atom. The Morgan fingerprint density at radius 3 is 2.88 bits per heavy atom. The Balaban J connectivity index is 1.42. The first-order valence-corrected chi connectivity index (χ1v) is 6.32. The van der Waals surface area contributed by atoms with Crippen molar-refractivity contribution in [1.29, 1.82) is 0 Å². The number of likely N-dealkylation sites (tertiary alicyclic amines) is 1. The predicted molar refractivity (Wildman–Crippen MR) is 67.3 cm³/mol. The van der Waals surface area contributed by atoms with Crippen LogP contribution < -0.4 is 5.32 Å². The summed E-state index contributed by atoms with van der Waals surface area (Å²) in [6, 6.07) is 0. The smallest absolute Gasteiger partial charge is 0.0207 e. The second-order valence-corrected chi connectivity index (χ2v) is 5.38. The molecule has 0 aromatic rings. The molecule has 1 aliphatic carbocycles. The maximum Gasteiger partial charge on any atom is 0.0207 e. The van der Waals surface area contributed by atoms with E-state index in [2.05, 4.69) is 40.6 Å². The summed E-state index contributed by atoms with van der Waals surface area (Å²) in [5, 5.41) is 3.37. The number of nitrogens with zero attached hydrogens (tertiary/aromatic N) is 1. The van der Waals surface area contributed by atoms with Crippen LogP contribution in [0, 0.1) is 5.41 Å². The van der Waals surface area contributed by atoms with E-state index in [1.165, 1.54) is 44.6 Å². The van der Waals surface area contributed by atoms with Gasteiger partial charge in [0.25, 0.3) is 0 Å². The van der Waals surface area contributed by atoms with Crippen LogP contribution in [-0.4, -0.2) is 37.6 Å². The first-order chi connectivity index (χ1) is 7.86. The van der Waals surface area contributed by atoms with Crippen LogP contribution >= 0.6 is 0 Å². The zero-order chi connectivity index (χ0) is 10.8. The van der Waals surface area contributed by atoms with Crippen LogP contribution in [0.15, 0.2) is 36.0 Å². The summed E-state index contributed by atoms with van der Waals surface area (Å²) in [6.07, 6.45) is 13.7. The van der Waals surface area contributed by atoms with Crippen molar-refractivity contribution in [3.05, 3.63) is 36.0 Å². The molecule has 0 radical (unpaired) electrons. The summed E-state index contributed by atoms with van der Waals surface area (Å²) < 4.78 is 0. The molecule has 2 heteroatoms. The quantitative estimate of drug-likeness (QED) is 0.773. The molecule has 3 aliphatic rings. The fourth-order valence-electron chi connectivity index (χ4n) is 2.85. The fourth-order valence-corrected chi connectivity index (χ4v) is 2.85.